The molecule has 1 N–H and O–H groups in total. The second kappa shape index (κ2) is 6.87. The molecule has 1 atom stereocenters. The summed E-state index contributed by atoms with van der Waals surface area (Å²) in [6.07, 6.45) is 0.321. The molecule has 144 valence electrons. The number of anilines is 1. The van der Waals surface area contributed by atoms with Crippen molar-refractivity contribution in [1.82, 2.24) is 0 Å². The van der Waals surface area contributed by atoms with Crippen LogP contribution < -0.4 is 5.32 Å². The van der Waals surface area contributed by atoms with Crippen LogP contribution in [0.15, 0.2) is 57.6 Å². The molecule has 0 saturated carbocycles. The van der Waals surface area contributed by atoms with Crippen molar-refractivity contribution in [2.24, 2.45) is 0 Å². The largest absolute Gasteiger partial charge is 0.324 e. The Morgan fingerprint density at radius 3 is 2.39 bits per heavy atom. The van der Waals surface area contributed by atoms with Gasteiger partial charge in [-0.05, 0) is 44.0 Å². The lowest BCUT2D eigenvalue weighted by molar-refractivity contribution is -0.116. The SMILES string of the molecule is Cc1ccc(S(=O)(=O)c2csc3c2NC(=O)CC3c2cc(C)ccc2C)cc1. The Hall–Kier alpha value is -2.44. The summed E-state index contributed by atoms with van der Waals surface area (Å²) < 4.78 is 26.4. The normalized spacial score (nSPS) is 16.5. The second-order valence-electron chi connectivity index (χ2n) is 7.32. The Kier molecular flexibility index (Phi) is 4.63. The number of hydrogen-bond acceptors (Lipinski definition) is 4. The van der Waals surface area contributed by atoms with Gasteiger partial charge in [-0.15, -0.1) is 11.3 Å². The third-order valence-electron chi connectivity index (χ3n) is 5.19. The van der Waals surface area contributed by atoms with Crippen LogP contribution in [0.3, 0.4) is 0 Å². The highest BCUT2D eigenvalue weighted by Gasteiger charge is 2.34. The Bertz CT molecular complexity index is 1170. The fourth-order valence-electron chi connectivity index (χ4n) is 3.63. The summed E-state index contributed by atoms with van der Waals surface area (Å²) in [6.45, 7) is 5.96. The number of amides is 1. The lowest BCUT2D eigenvalue weighted by Crippen LogP contribution is -2.24. The molecule has 1 unspecified atom stereocenters. The highest BCUT2D eigenvalue weighted by atomic mass is 32.2. The van der Waals surface area contributed by atoms with Crippen LogP contribution in [0.1, 0.15) is 39.5 Å². The van der Waals surface area contributed by atoms with Gasteiger partial charge < -0.3 is 5.32 Å². The van der Waals surface area contributed by atoms with Crippen LogP contribution >= 0.6 is 11.3 Å². The molecule has 2 heterocycles. The van der Waals surface area contributed by atoms with E-state index in [9.17, 15) is 13.2 Å². The van der Waals surface area contributed by atoms with Crippen molar-refractivity contribution >= 4 is 32.8 Å². The Labute approximate surface area is 169 Å². The lowest BCUT2D eigenvalue weighted by atomic mass is 9.87. The van der Waals surface area contributed by atoms with Crippen molar-refractivity contribution in [3.05, 3.63) is 75.0 Å². The maximum atomic E-state index is 13.2. The molecule has 6 heteroatoms. The average molecular weight is 412 g/mol. The van der Waals surface area contributed by atoms with E-state index < -0.39 is 9.84 Å². The Morgan fingerprint density at radius 1 is 1.00 bits per heavy atom. The molecule has 1 aliphatic rings. The minimum absolute atomic E-state index is 0.129. The van der Waals surface area contributed by atoms with Gasteiger partial charge in [-0.25, -0.2) is 8.42 Å². The van der Waals surface area contributed by atoms with Crippen molar-refractivity contribution in [2.45, 2.75) is 42.9 Å². The van der Waals surface area contributed by atoms with Gasteiger partial charge in [0, 0.05) is 22.6 Å². The van der Waals surface area contributed by atoms with Gasteiger partial charge in [-0.3, -0.25) is 4.79 Å². The molecule has 4 nitrogen and oxygen atoms in total. The molecule has 0 radical (unpaired) electrons. The first-order chi connectivity index (χ1) is 13.3. The number of fused-ring (bicyclic) bond motifs is 1. The molecule has 1 aromatic heterocycles. The van der Waals surface area contributed by atoms with E-state index in [1.807, 2.05) is 26.8 Å². The molecule has 0 aliphatic carbocycles. The van der Waals surface area contributed by atoms with Crippen molar-refractivity contribution in [1.29, 1.82) is 0 Å². The van der Waals surface area contributed by atoms with Crippen LogP contribution in [0.4, 0.5) is 5.69 Å². The summed E-state index contributed by atoms with van der Waals surface area (Å²) in [5.41, 5.74) is 4.74. The van der Waals surface area contributed by atoms with Gasteiger partial charge in [0.2, 0.25) is 15.7 Å². The molecule has 4 rings (SSSR count). The van der Waals surface area contributed by atoms with Gasteiger partial charge in [0.15, 0.2) is 0 Å². The number of benzene rings is 2. The predicted molar refractivity (Wildman–Crippen MR) is 112 cm³/mol. The molecule has 0 fully saturated rings. The molecular formula is C22H21NO3S2. The lowest BCUT2D eigenvalue weighted by Gasteiger charge is -2.25. The van der Waals surface area contributed by atoms with Crippen LogP contribution in [-0.2, 0) is 14.6 Å². The third kappa shape index (κ3) is 3.16. The van der Waals surface area contributed by atoms with Gasteiger partial charge in [-0.2, -0.15) is 0 Å². The van der Waals surface area contributed by atoms with Gasteiger partial charge in [0.25, 0.3) is 0 Å². The smallest absolute Gasteiger partial charge is 0.225 e. The highest BCUT2D eigenvalue weighted by molar-refractivity contribution is 7.91. The summed E-state index contributed by atoms with van der Waals surface area (Å²) in [5.74, 6) is -0.284. The standard InChI is InChI=1S/C22H21NO3S2/c1-13-5-8-16(9-6-13)28(25,26)19-12-27-22-18(11-20(24)23-21(19)22)17-10-14(2)4-7-15(17)3/h4-10,12,18H,11H2,1-3H3,(H,23,24). The quantitative estimate of drug-likeness (QED) is 0.661. The minimum Gasteiger partial charge on any atom is -0.324 e. The molecule has 0 spiro atoms. The molecule has 3 aromatic rings. The molecule has 2 aromatic carbocycles. The van der Waals surface area contributed by atoms with Crippen LogP contribution in [0.5, 0.6) is 0 Å². The molecule has 0 bridgehead atoms. The molecular weight excluding hydrogens is 390 g/mol. The number of thiophene rings is 1. The number of rotatable bonds is 3. The highest BCUT2D eigenvalue weighted by Crippen LogP contribution is 2.46. The topological polar surface area (TPSA) is 63.2 Å². The maximum Gasteiger partial charge on any atom is 0.225 e. The number of aryl methyl sites for hydroxylation is 3. The van der Waals surface area contributed by atoms with Gasteiger partial charge in [0.05, 0.1) is 10.6 Å². The number of nitrogens with one attached hydrogen (secondary N) is 1. The molecule has 28 heavy (non-hydrogen) atoms. The second-order valence-corrected chi connectivity index (χ2v) is 10.1. The molecule has 0 saturated heterocycles. The zero-order valence-corrected chi connectivity index (χ0v) is 17.6. The fraction of sp³-hybridized carbons (Fsp3) is 0.227. The van der Waals surface area contributed by atoms with Gasteiger partial charge >= 0.3 is 0 Å². The van der Waals surface area contributed by atoms with Crippen LogP contribution in [0, 0.1) is 20.8 Å². The fourth-order valence-corrected chi connectivity index (χ4v) is 6.53. The zero-order chi connectivity index (χ0) is 20.1. The van der Waals surface area contributed by atoms with Crippen molar-refractivity contribution in [2.75, 3.05) is 5.32 Å². The first-order valence-electron chi connectivity index (χ1n) is 9.07. The van der Waals surface area contributed by atoms with Crippen molar-refractivity contribution in [3.8, 4) is 0 Å². The van der Waals surface area contributed by atoms with Gasteiger partial charge in [-0.1, -0.05) is 41.5 Å². The van der Waals surface area contributed by atoms with Gasteiger partial charge in [0.1, 0.15) is 4.90 Å². The van der Waals surface area contributed by atoms with E-state index in [4.69, 9.17) is 0 Å². The van der Waals surface area contributed by atoms with E-state index in [-0.39, 0.29) is 21.6 Å². The van der Waals surface area contributed by atoms with Crippen LogP contribution in [-0.4, -0.2) is 14.3 Å². The Morgan fingerprint density at radius 2 is 1.68 bits per heavy atom. The van der Waals surface area contributed by atoms with E-state index in [0.29, 0.717) is 12.1 Å². The van der Waals surface area contributed by atoms with E-state index >= 15 is 0 Å². The van der Waals surface area contributed by atoms with Crippen LogP contribution in [0.25, 0.3) is 0 Å². The number of carbonyl (C=O) groups excluding carboxylic acids is 1. The first-order valence-corrected chi connectivity index (χ1v) is 11.4. The Balaban J connectivity index is 1.85. The maximum absolute atomic E-state index is 13.2. The third-order valence-corrected chi connectivity index (χ3v) is 8.23. The summed E-state index contributed by atoms with van der Waals surface area (Å²) in [7, 11) is -3.71. The first kappa shape index (κ1) is 18.9. The number of hydrogen-bond donors (Lipinski definition) is 1. The van der Waals surface area contributed by atoms with Crippen molar-refractivity contribution in [3.63, 3.8) is 0 Å². The zero-order valence-electron chi connectivity index (χ0n) is 15.9. The summed E-state index contributed by atoms with van der Waals surface area (Å²) in [5, 5.41) is 4.48. The summed E-state index contributed by atoms with van der Waals surface area (Å²) in [6, 6.07) is 13.0. The number of carbonyl (C=O) groups is 1. The summed E-state index contributed by atoms with van der Waals surface area (Å²) in [4.78, 5) is 13.8. The molecule has 1 aliphatic heterocycles. The van der Waals surface area contributed by atoms with Crippen LogP contribution in [0.2, 0.25) is 0 Å². The average Bonchev–Trinajstić information content (AvgIpc) is 3.08. The minimum atomic E-state index is -3.71. The van der Waals surface area contributed by atoms with E-state index in [1.165, 1.54) is 11.3 Å². The monoisotopic (exact) mass is 411 g/mol. The van der Waals surface area contributed by atoms with E-state index in [2.05, 4.69) is 17.4 Å². The number of sulfone groups is 1. The summed E-state index contributed by atoms with van der Waals surface area (Å²) >= 11 is 1.40. The van der Waals surface area contributed by atoms with E-state index in [1.54, 1.807) is 29.6 Å². The van der Waals surface area contributed by atoms with E-state index in [0.717, 1.165) is 27.1 Å². The van der Waals surface area contributed by atoms with Crippen molar-refractivity contribution < 1.29 is 13.2 Å². The predicted octanol–water partition coefficient (Wildman–Crippen LogP) is 4.98. The molecule has 1 amide bonds.